The number of hydrogen-bond acceptors (Lipinski definition) is 4. The van der Waals surface area contributed by atoms with Gasteiger partial charge >= 0.3 is 0 Å². The number of aromatic nitrogens is 3. The molecule has 1 aromatic carbocycles. The summed E-state index contributed by atoms with van der Waals surface area (Å²) in [6.45, 7) is 4.08. The fourth-order valence-corrected chi connectivity index (χ4v) is 1.92. The second-order valence-corrected chi connectivity index (χ2v) is 5.37. The molecule has 0 amide bonds. The molecule has 0 radical (unpaired) electrons. The summed E-state index contributed by atoms with van der Waals surface area (Å²) in [5.74, 6) is 1.23. The Balaban J connectivity index is 2.45. The van der Waals surface area contributed by atoms with Crippen molar-refractivity contribution in [1.29, 1.82) is 0 Å². The normalized spacial score (nSPS) is 11.8. The van der Waals surface area contributed by atoms with Crippen molar-refractivity contribution >= 4 is 11.6 Å². The second kappa shape index (κ2) is 5.28. The van der Waals surface area contributed by atoms with Gasteiger partial charge in [-0.3, -0.25) is 0 Å². The van der Waals surface area contributed by atoms with E-state index in [1.54, 1.807) is 16.8 Å². The Morgan fingerprint density at radius 3 is 2.47 bits per heavy atom. The number of hydrogen-bond donors (Lipinski definition) is 2. The minimum atomic E-state index is -0.618. The van der Waals surface area contributed by atoms with Gasteiger partial charge in [-0.2, -0.15) is 5.10 Å². The summed E-state index contributed by atoms with van der Waals surface area (Å²) in [5, 5.41) is 14.1. The molecule has 19 heavy (non-hydrogen) atoms. The van der Waals surface area contributed by atoms with Crippen LogP contribution in [0.25, 0.3) is 11.4 Å². The summed E-state index contributed by atoms with van der Waals surface area (Å²) in [5.41, 5.74) is 6.33. The van der Waals surface area contributed by atoms with E-state index in [2.05, 4.69) is 10.1 Å². The molecule has 1 heterocycles. The Hall–Kier alpha value is -1.43. The van der Waals surface area contributed by atoms with E-state index in [1.165, 1.54) is 0 Å². The molecule has 0 saturated heterocycles. The van der Waals surface area contributed by atoms with Gasteiger partial charge in [-0.25, -0.2) is 9.67 Å². The van der Waals surface area contributed by atoms with Crippen molar-refractivity contribution < 1.29 is 5.11 Å². The third-order valence-electron chi connectivity index (χ3n) is 2.66. The topological polar surface area (TPSA) is 77.0 Å². The molecule has 6 heteroatoms. The van der Waals surface area contributed by atoms with Gasteiger partial charge in [0.25, 0.3) is 0 Å². The van der Waals surface area contributed by atoms with E-state index in [1.807, 2.05) is 26.0 Å². The molecule has 0 aliphatic carbocycles. The molecule has 1 aromatic heterocycles. The summed E-state index contributed by atoms with van der Waals surface area (Å²) in [7, 11) is 0. The predicted octanol–water partition coefficient (Wildman–Crippen LogP) is 1.78. The van der Waals surface area contributed by atoms with E-state index in [4.69, 9.17) is 22.4 Å². The van der Waals surface area contributed by atoms with Crippen LogP contribution in [0.15, 0.2) is 24.3 Å². The summed E-state index contributed by atoms with van der Waals surface area (Å²) in [4.78, 5) is 4.47. The lowest BCUT2D eigenvalue weighted by molar-refractivity contribution is 0.262. The second-order valence-electron chi connectivity index (χ2n) is 4.93. The Morgan fingerprint density at radius 1 is 1.32 bits per heavy atom. The van der Waals surface area contributed by atoms with Crippen LogP contribution in [-0.2, 0) is 12.1 Å². The van der Waals surface area contributed by atoms with Crippen LogP contribution in [0.2, 0.25) is 5.02 Å². The minimum absolute atomic E-state index is 0.00744. The standard InChI is InChI=1S/C13H17ClN4O/c1-13(2,15)12-16-11(17-18(12)7-8-19)9-3-5-10(14)6-4-9/h3-6,19H,7-8,15H2,1-2H3. The Kier molecular flexibility index (Phi) is 3.89. The van der Waals surface area contributed by atoms with Crippen LogP contribution in [0, 0.1) is 0 Å². The molecule has 0 bridgehead atoms. The molecule has 0 unspecified atom stereocenters. The van der Waals surface area contributed by atoms with Crippen molar-refractivity contribution in [2.24, 2.45) is 5.73 Å². The smallest absolute Gasteiger partial charge is 0.181 e. The van der Waals surface area contributed by atoms with Crippen LogP contribution in [0.5, 0.6) is 0 Å². The van der Waals surface area contributed by atoms with E-state index in [0.29, 0.717) is 23.2 Å². The number of aliphatic hydroxyl groups is 1. The van der Waals surface area contributed by atoms with Gasteiger partial charge in [0.05, 0.1) is 18.7 Å². The lowest BCUT2D eigenvalue weighted by atomic mass is 10.1. The third kappa shape index (κ3) is 3.12. The van der Waals surface area contributed by atoms with Gasteiger partial charge in [0.15, 0.2) is 5.82 Å². The van der Waals surface area contributed by atoms with Gasteiger partial charge in [0.2, 0.25) is 0 Å². The van der Waals surface area contributed by atoms with E-state index >= 15 is 0 Å². The van der Waals surface area contributed by atoms with Gasteiger partial charge in [-0.1, -0.05) is 11.6 Å². The first kappa shape index (κ1) is 14.0. The number of aliphatic hydroxyl groups excluding tert-OH is 1. The highest BCUT2D eigenvalue weighted by molar-refractivity contribution is 6.30. The molecule has 2 rings (SSSR count). The third-order valence-corrected chi connectivity index (χ3v) is 2.91. The summed E-state index contributed by atoms with van der Waals surface area (Å²) >= 11 is 5.86. The summed E-state index contributed by atoms with van der Waals surface area (Å²) in [6.07, 6.45) is 0. The number of benzene rings is 1. The van der Waals surface area contributed by atoms with E-state index in [-0.39, 0.29) is 6.61 Å². The molecule has 0 saturated carbocycles. The molecule has 0 fully saturated rings. The fraction of sp³-hybridized carbons (Fsp3) is 0.385. The lowest BCUT2D eigenvalue weighted by Gasteiger charge is -2.17. The van der Waals surface area contributed by atoms with E-state index < -0.39 is 5.54 Å². The van der Waals surface area contributed by atoms with E-state index in [0.717, 1.165) is 5.56 Å². The van der Waals surface area contributed by atoms with Gasteiger partial charge in [-0.15, -0.1) is 0 Å². The monoisotopic (exact) mass is 280 g/mol. The fourth-order valence-electron chi connectivity index (χ4n) is 1.79. The van der Waals surface area contributed by atoms with Crippen molar-refractivity contribution in [3.63, 3.8) is 0 Å². The van der Waals surface area contributed by atoms with Gasteiger partial charge in [-0.05, 0) is 38.1 Å². The molecule has 0 aliphatic heterocycles. The average Bonchev–Trinajstić information content (AvgIpc) is 2.74. The molecule has 0 aliphatic rings. The average molecular weight is 281 g/mol. The molecule has 0 spiro atoms. The number of nitrogens with zero attached hydrogens (tertiary/aromatic N) is 3. The highest BCUT2D eigenvalue weighted by Crippen LogP contribution is 2.22. The largest absolute Gasteiger partial charge is 0.394 e. The minimum Gasteiger partial charge on any atom is -0.394 e. The lowest BCUT2D eigenvalue weighted by Crippen LogP contribution is -2.33. The zero-order valence-corrected chi connectivity index (χ0v) is 11.7. The van der Waals surface area contributed by atoms with Crippen LogP contribution >= 0.6 is 11.6 Å². The maximum Gasteiger partial charge on any atom is 0.181 e. The Labute approximate surface area is 117 Å². The van der Waals surface area contributed by atoms with Gasteiger partial charge in [0.1, 0.15) is 5.82 Å². The zero-order valence-electron chi connectivity index (χ0n) is 11.0. The van der Waals surface area contributed by atoms with Gasteiger partial charge in [0, 0.05) is 10.6 Å². The molecule has 5 nitrogen and oxygen atoms in total. The molecular weight excluding hydrogens is 264 g/mol. The van der Waals surface area contributed by atoms with Crippen molar-refractivity contribution in [3.05, 3.63) is 35.1 Å². The quantitative estimate of drug-likeness (QED) is 0.895. The molecule has 2 aromatic rings. The zero-order chi connectivity index (χ0) is 14.0. The first-order valence-corrected chi connectivity index (χ1v) is 6.40. The van der Waals surface area contributed by atoms with Crippen LogP contribution in [0.3, 0.4) is 0 Å². The SMILES string of the molecule is CC(C)(N)c1nc(-c2ccc(Cl)cc2)nn1CCO. The van der Waals surface area contributed by atoms with Crippen molar-refractivity contribution in [3.8, 4) is 11.4 Å². The maximum absolute atomic E-state index is 9.08. The molecular formula is C13H17ClN4O. The van der Waals surface area contributed by atoms with Crippen molar-refractivity contribution in [2.45, 2.75) is 25.9 Å². The van der Waals surface area contributed by atoms with Crippen molar-refractivity contribution in [1.82, 2.24) is 14.8 Å². The Morgan fingerprint density at radius 2 is 1.95 bits per heavy atom. The number of rotatable bonds is 4. The predicted molar refractivity (Wildman–Crippen MR) is 74.8 cm³/mol. The number of nitrogens with two attached hydrogens (primary N) is 1. The summed E-state index contributed by atoms with van der Waals surface area (Å²) < 4.78 is 1.64. The Bertz CT molecular complexity index is 557. The highest BCUT2D eigenvalue weighted by atomic mass is 35.5. The maximum atomic E-state index is 9.08. The first-order chi connectivity index (χ1) is 8.91. The van der Waals surface area contributed by atoms with E-state index in [9.17, 15) is 0 Å². The van der Waals surface area contributed by atoms with Crippen LogP contribution in [0.4, 0.5) is 0 Å². The highest BCUT2D eigenvalue weighted by Gasteiger charge is 2.23. The van der Waals surface area contributed by atoms with Crippen molar-refractivity contribution in [2.75, 3.05) is 6.61 Å². The van der Waals surface area contributed by atoms with Gasteiger partial charge < -0.3 is 10.8 Å². The van der Waals surface area contributed by atoms with Crippen LogP contribution in [-0.4, -0.2) is 26.5 Å². The summed E-state index contributed by atoms with van der Waals surface area (Å²) in [6, 6.07) is 7.29. The molecule has 102 valence electrons. The first-order valence-electron chi connectivity index (χ1n) is 6.03. The van der Waals surface area contributed by atoms with Crippen LogP contribution in [0.1, 0.15) is 19.7 Å². The molecule has 0 atom stereocenters. The van der Waals surface area contributed by atoms with Crippen LogP contribution < -0.4 is 5.73 Å². The number of halogens is 1. The molecule has 3 N–H and O–H groups in total.